The zero-order valence-corrected chi connectivity index (χ0v) is 8.36. The minimum Gasteiger partial charge on any atom is -0.364 e. The van der Waals surface area contributed by atoms with Crippen molar-refractivity contribution in [2.75, 3.05) is 0 Å². The first-order valence-electron chi connectivity index (χ1n) is 4.27. The van der Waals surface area contributed by atoms with Gasteiger partial charge in [0.05, 0.1) is 16.4 Å². The number of hydrogen-bond acceptors (Lipinski definition) is 4. The van der Waals surface area contributed by atoms with Crippen LogP contribution in [-0.2, 0) is 0 Å². The zero-order chi connectivity index (χ0) is 10.4. The Morgan fingerprint density at radius 2 is 2.33 bits per heavy atom. The number of aromatic nitrogens is 3. The van der Waals surface area contributed by atoms with Gasteiger partial charge in [-0.05, 0) is 6.07 Å². The third-order valence-electron chi connectivity index (χ3n) is 2.17. The predicted molar refractivity (Wildman–Crippen MR) is 56.9 cm³/mol. The van der Waals surface area contributed by atoms with Crippen LogP contribution in [0.3, 0.4) is 0 Å². The van der Waals surface area contributed by atoms with Crippen molar-refractivity contribution < 1.29 is 4.79 Å². The second-order valence-electron chi connectivity index (χ2n) is 3.08. The minimum absolute atomic E-state index is 0.284. The summed E-state index contributed by atoms with van der Waals surface area (Å²) in [6.07, 6.45) is 5.23. The number of carbonyl (C=O) groups excluding carboxylic acids is 1. The maximum Gasteiger partial charge on any atom is 0.267 e. The lowest BCUT2D eigenvalue weighted by atomic mass is 10.3. The summed E-state index contributed by atoms with van der Waals surface area (Å²) in [5.74, 6) is -0.511. The second kappa shape index (κ2) is 2.77. The number of nitrogens with two attached hydrogens (primary N) is 1. The lowest BCUT2D eigenvalue weighted by Crippen LogP contribution is -2.12. The van der Waals surface area contributed by atoms with Crippen LogP contribution in [0.2, 0.25) is 0 Å². The molecule has 2 N–H and O–H groups in total. The fourth-order valence-corrected chi connectivity index (χ4v) is 2.47. The van der Waals surface area contributed by atoms with Crippen LogP contribution in [0.25, 0.3) is 15.2 Å². The fraction of sp³-hybridized carbons (Fsp3) is 0. The average Bonchev–Trinajstić information content (AvgIpc) is 2.75. The van der Waals surface area contributed by atoms with Crippen molar-refractivity contribution in [2.45, 2.75) is 0 Å². The number of amides is 1. The van der Waals surface area contributed by atoms with Gasteiger partial charge in [0.1, 0.15) is 5.69 Å². The first-order chi connectivity index (χ1) is 7.25. The Labute approximate surface area is 88.2 Å². The molecule has 74 valence electrons. The smallest absolute Gasteiger partial charge is 0.267 e. The van der Waals surface area contributed by atoms with Gasteiger partial charge in [-0.3, -0.25) is 9.20 Å². The number of imidazole rings is 1. The molecule has 0 aliphatic carbocycles. The molecule has 3 aromatic heterocycles. The number of nitrogens with zero attached hydrogens (tertiary/aromatic N) is 3. The molecule has 0 bridgehead atoms. The highest BCUT2D eigenvalue weighted by atomic mass is 32.1. The standard InChI is InChI=1S/C9H6N4OS/c10-8(14)5-3-7-6(4-12-5)13-2-1-11-9(13)15-7/h1-4H,(H2,10,14). The summed E-state index contributed by atoms with van der Waals surface area (Å²) in [7, 11) is 0. The van der Waals surface area contributed by atoms with Crippen molar-refractivity contribution in [3.63, 3.8) is 0 Å². The van der Waals surface area contributed by atoms with E-state index < -0.39 is 5.91 Å². The molecule has 0 saturated heterocycles. The Bertz CT molecular complexity index is 669. The van der Waals surface area contributed by atoms with Gasteiger partial charge in [-0.25, -0.2) is 9.97 Å². The van der Waals surface area contributed by atoms with E-state index in [9.17, 15) is 4.79 Å². The van der Waals surface area contributed by atoms with Gasteiger partial charge in [0.25, 0.3) is 5.91 Å². The quantitative estimate of drug-likeness (QED) is 0.663. The molecule has 3 aromatic rings. The molecule has 5 nitrogen and oxygen atoms in total. The molecule has 1 amide bonds. The number of primary amides is 1. The van der Waals surface area contributed by atoms with E-state index in [4.69, 9.17) is 5.73 Å². The first-order valence-corrected chi connectivity index (χ1v) is 5.09. The highest BCUT2D eigenvalue weighted by molar-refractivity contribution is 7.23. The van der Waals surface area contributed by atoms with Gasteiger partial charge >= 0.3 is 0 Å². The molecule has 0 fully saturated rings. The molecule has 3 rings (SSSR count). The molecule has 0 aliphatic rings. The molecule has 0 spiro atoms. The Morgan fingerprint density at radius 3 is 3.13 bits per heavy atom. The van der Waals surface area contributed by atoms with Gasteiger partial charge in [-0.2, -0.15) is 0 Å². The maximum atomic E-state index is 10.9. The van der Waals surface area contributed by atoms with Crippen LogP contribution in [-0.4, -0.2) is 20.3 Å². The van der Waals surface area contributed by atoms with Crippen LogP contribution in [0.4, 0.5) is 0 Å². The number of thiazole rings is 1. The highest BCUT2D eigenvalue weighted by Crippen LogP contribution is 2.24. The van der Waals surface area contributed by atoms with Crippen LogP contribution in [0.15, 0.2) is 24.7 Å². The van der Waals surface area contributed by atoms with E-state index in [1.165, 1.54) is 11.3 Å². The summed E-state index contributed by atoms with van der Waals surface area (Å²) >= 11 is 1.50. The molecule has 0 saturated carbocycles. The van der Waals surface area contributed by atoms with E-state index in [0.717, 1.165) is 15.2 Å². The molecular weight excluding hydrogens is 212 g/mol. The Balaban J connectivity index is 2.40. The minimum atomic E-state index is -0.511. The molecule has 3 heterocycles. The Kier molecular flexibility index (Phi) is 1.54. The number of pyridine rings is 1. The highest BCUT2D eigenvalue weighted by Gasteiger charge is 2.08. The first kappa shape index (κ1) is 8.37. The second-order valence-corrected chi connectivity index (χ2v) is 4.09. The molecule has 0 aromatic carbocycles. The van der Waals surface area contributed by atoms with Crippen LogP contribution in [0.1, 0.15) is 10.5 Å². The molecule has 0 unspecified atom stereocenters. The summed E-state index contributed by atoms with van der Waals surface area (Å²) in [5, 5.41) is 0. The number of rotatable bonds is 1. The lowest BCUT2D eigenvalue weighted by Gasteiger charge is -1.94. The van der Waals surface area contributed by atoms with E-state index in [1.54, 1.807) is 18.5 Å². The summed E-state index contributed by atoms with van der Waals surface area (Å²) in [6.45, 7) is 0. The van der Waals surface area contributed by atoms with Crippen molar-refractivity contribution in [3.05, 3.63) is 30.4 Å². The monoisotopic (exact) mass is 218 g/mol. The molecule has 15 heavy (non-hydrogen) atoms. The molecule has 0 atom stereocenters. The van der Waals surface area contributed by atoms with Gasteiger partial charge in [0, 0.05) is 12.4 Å². The van der Waals surface area contributed by atoms with E-state index in [2.05, 4.69) is 9.97 Å². The van der Waals surface area contributed by atoms with Gasteiger partial charge in [0.2, 0.25) is 0 Å². The SMILES string of the molecule is NC(=O)c1cc2sc3nccn3c2cn1. The van der Waals surface area contributed by atoms with Crippen molar-refractivity contribution in [3.8, 4) is 0 Å². The van der Waals surface area contributed by atoms with Crippen LogP contribution in [0.5, 0.6) is 0 Å². The van der Waals surface area contributed by atoms with Gasteiger partial charge in [0.15, 0.2) is 4.96 Å². The van der Waals surface area contributed by atoms with Crippen LogP contribution in [0, 0.1) is 0 Å². The lowest BCUT2D eigenvalue weighted by molar-refractivity contribution is 0.0996. The number of carbonyl (C=O) groups is 1. The number of fused-ring (bicyclic) bond motifs is 3. The summed E-state index contributed by atoms with van der Waals surface area (Å²) in [4.78, 5) is 20.0. The zero-order valence-electron chi connectivity index (χ0n) is 7.54. The predicted octanol–water partition coefficient (Wildman–Crippen LogP) is 1.04. The topological polar surface area (TPSA) is 73.3 Å². The largest absolute Gasteiger partial charge is 0.364 e. The summed E-state index contributed by atoms with van der Waals surface area (Å²) in [6, 6.07) is 1.69. The van der Waals surface area contributed by atoms with Crippen molar-refractivity contribution in [2.24, 2.45) is 5.73 Å². The van der Waals surface area contributed by atoms with Crippen molar-refractivity contribution in [1.82, 2.24) is 14.4 Å². The summed E-state index contributed by atoms with van der Waals surface area (Å²) in [5.41, 5.74) is 6.38. The maximum absolute atomic E-state index is 10.9. The van der Waals surface area contributed by atoms with Crippen molar-refractivity contribution in [1.29, 1.82) is 0 Å². The van der Waals surface area contributed by atoms with E-state index in [-0.39, 0.29) is 5.69 Å². The Morgan fingerprint density at radius 1 is 1.47 bits per heavy atom. The third-order valence-corrected chi connectivity index (χ3v) is 3.20. The van der Waals surface area contributed by atoms with Gasteiger partial charge in [-0.1, -0.05) is 11.3 Å². The number of hydrogen-bond donors (Lipinski definition) is 1. The van der Waals surface area contributed by atoms with Gasteiger partial charge < -0.3 is 5.73 Å². The van der Waals surface area contributed by atoms with E-state index in [0.29, 0.717) is 0 Å². The Hall–Kier alpha value is -1.95. The molecule has 6 heteroatoms. The fourth-order valence-electron chi connectivity index (χ4n) is 1.47. The van der Waals surface area contributed by atoms with E-state index >= 15 is 0 Å². The normalized spacial score (nSPS) is 11.2. The van der Waals surface area contributed by atoms with Crippen LogP contribution >= 0.6 is 11.3 Å². The van der Waals surface area contributed by atoms with Gasteiger partial charge in [-0.15, -0.1) is 0 Å². The molecule has 0 radical (unpaired) electrons. The molecular formula is C9H6N4OS. The molecule has 0 aliphatic heterocycles. The van der Waals surface area contributed by atoms with E-state index in [1.807, 2.05) is 10.6 Å². The van der Waals surface area contributed by atoms with Crippen molar-refractivity contribution >= 4 is 32.4 Å². The van der Waals surface area contributed by atoms with Crippen LogP contribution < -0.4 is 5.73 Å². The third kappa shape index (κ3) is 1.11. The summed E-state index contributed by atoms with van der Waals surface area (Å²) < 4.78 is 2.89. The average molecular weight is 218 g/mol.